The summed E-state index contributed by atoms with van der Waals surface area (Å²) >= 11 is 0. The zero-order valence-corrected chi connectivity index (χ0v) is 31.5. The molecule has 0 radical (unpaired) electrons. The number of ether oxygens (including phenoxy) is 7. The molecule has 3 heterocycles. The lowest BCUT2D eigenvalue weighted by Gasteiger charge is -2.66. The van der Waals surface area contributed by atoms with Crippen LogP contribution in [-0.2, 0) is 47.5 Å². The average Bonchev–Trinajstić information content (AvgIpc) is 3.35. The largest absolute Gasteiger partial charge is 0.465 e. The Kier molecular flexibility index (Phi) is 10.7. The van der Waals surface area contributed by atoms with Crippen LogP contribution in [-0.4, -0.2) is 105 Å². The van der Waals surface area contributed by atoms with Crippen molar-refractivity contribution in [1.82, 2.24) is 9.97 Å². The van der Waals surface area contributed by atoms with Gasteiger partial charge >= 0.3 is 35.8 Å². The van der Waals surface area contributed by atoms with Crippen LogP contribution in [0.2, 0.25) is 0 Å². The summed E-state index contributed by atoms with van der Waals surface area (Å²) in [7, 11) is 0. The third kappa shape index (κ3) is 6.87. The van der Waals surface area contributed by atoms with Gasteiger partial charge in [0.1, 0.15) is 30.3 Å². The molecular formula is C40H42N2O14. The molecule has 1 N–H and O–H groups in total. The lowest BCUT2D eigenvalue weighted by molar-refractivity contribution is -0.361. The molecule has 296 valence electrons. The van der Waals surface area contributed by atoms with E-state index in [4.69, 9.17) is 33.2 Å². The fourth-order valence-electron chi connectivity index (χ4n) is 8.78. The van der Waals surface area contributed by atoms with Crippen molar-refractivity contribution in [3.8, 4) is 0 Å². The molecule has 6 rings (SSSR count). The second-order valence-corrected chi connectivity index (χ2v) is 14.8. The molecule has 2 aromatic heterocycles. The van der Waals surface area contributed by atoms with Gasteiger partial charge in [-0.1, -0.05) is 18.2 Å². The van der Waals surface area contributed by atoms with Crippen LogP contribution in [0.3, 0.4) is 0 Å². The SMILES string of the molecule is CC(=O)OCC12C(OC(=O)c3ccccc3)C(OC(=O)c3cccnc3)CC(C)(O)C13OC(C)(C)C(C(OC(C)=O)C2OC(=O)c1cccnc1)C3OC(C)=O. The number of aromatic nitrogens is 2. The van der Waals surface area contributed by atoms with Gasteiger partial charge in [0.2, 0.25) is 0 Å². The molecule has 1 aliphatic heterocycles. The first-order valence-electron chi connectivity index (χ1n) is 17.8. The van der Waals surface area contributed by atoms with Gasteiger partial charge in [0.15, 0.2) is 17.8 Å². The fourth-order valence-corrected chi connectivity index (χ4v) is 8.78. The van der Waals surface area contributed by atoms with Crippen LogP contribution in [0.5, 0.6) is 0 Å². The van der Waals surface area contributed by atoms with Crippen LogP contribution in [0, 0.1) is 11.3 Å². The fraction of sp³-hybridized carbons (Fsp3) is 0.450. The zero-order chi connectivity index (χ0) is 40.6. The highest BCUT2D eigenvalue weighted by Crippen LogP contribution is 2.69. The molecule has 1 aromatic carbocycles. The second kappa shape index (κ2) is 15.1. The lowest BCUT2D eigenvalue weighted by Crippen LogP contribution is -2.85. The predicted octanol–water partition coefficient (Wildman–Crippen LogP) is 3.20. The molecule has 56 heavy (non-hydrogen) atoms. The highest BCUT2D eigenvalue weighted by molar-refractivity contribution is 5.91. The van der Waals surface area contributed by atoms with E-state index in [0.29, 0.717) is 0 Å². The highest BCUT2D eigenvalue weighted by atomic mass is 16.7. The molecule has 2 saturated carbocycles. The van der Waals surface area contributed by atoms with Gasteiger partial charge in [0.25, 0.3) is 0 Å². The van der Waals surface area contributed by atoms with Crippen LogP contribution >= 0.6 is 0 Å². The van der Waals surface area contributed by atoms with Gasteiger partial charge in [-0.2, -0.15) is 0 Å². The first kappa shape index (κ1) is 39.9. The first-order chi connectivity index (χ1) is 26.4. The summed E-state index contributed by atoms with van der Waals surface area (Å²) in [5.41, 5.74) is -8.52. The first-order valence-corrected chi connectivity index (χ1v) is 17.8. The standard InChI is InChI=1S/C40H42N2O14/c1-22(43)50-21-39-31(54-34(46)25-12-8-7-9-13-25)28(53-35(47)26-14-10-16-41-19-26)18-38(6,49)40(39)32(52-24(3)45)29(37(4,5)56-40)30(51-23(2)44)33(39)55-36(48)27-15-11-17-42-20-27/h7-17,19-20,28-33,49H,18,21H2,1-6H3. The third-order valence-electron chi connectivity index (χ3n) is 10.7. The van der Waals surface area contributed by atoms with Gasteiger partial charge in [-0.15, -0.1) is 0 Å². The van der Waals surface area contributed by atoms with Crippen molar-refractivity contribution in [2.45, 2.75) is 95.3 Å². The van der Waals surface area contributed by atoms with Gasteiger partial charge < -0.3 is 38.3 Å². The van der Waals surface area contributed by atoms with Crippen molar-refractivity contribution in [1.29, 1.82) is 0 Å². The maximum Gasteiger partial charge on any atom is 0.340 e. The number of hydrogen-bond acceptors (Lipinski definition) is 16. The highest BCUT2D eigenvalue weighted by Gasteiger charge is 2.89. The maximum atomic E-state index is 14.3. The van der Waals surface area contributed by atoms with Crippen LogP contribution < -0.4 is 0 Å². The van der Waals surface area contributed by atoms with E-state index in [2.05, 4.69) is 9.97 Å². The Balaban J connectivity index is 1.70. The maximum absolute atomic E-state index is 14.3. The number of rotatable bonds is 10. The number of esters is 6. The summed E-state index contributed by atoms with van der Waals surface area (Å²) in [5, 5.41) is 13.0. The summed E-state index contributed by atoms with van der Waals surface area (Å²) in [6.45, 7) is 6.94. The Morgan fingerprint density at radius 2 is 1.21 bits per heavy atom. The van der Waals surface area contributed by atoms with Crippen LogP contribution in [0.1, 0.15) is 79.0 Å². The molecule has 3 aliphatic rings. The zero-order valence-electron chi connectivity index (χ0n) is 31.5. The molecule has 2 aliphatic carbocycles. The van der Waals surface area contributed by atoms with E-state index < -0.39 is 107 Å². The van der Waals surface area contributed by atoms with Gasteiger partial charge in [-0.3, -0.25) is 24.4 Å². The summed E-state index contributed by atoms with van der Waals surface area (Å²) in [5.74, 6) is -6.69. The summed E-state index contributed by atoms with van der Waals surface area (Å²) < 4.78 is 43.6. The second-order valence-electron chi connectivity index (χ2n) is 14.8. The minimum absolute atomic E-state index is 0.00769. The van der Waals surface area contributed by atoms with Crippen LogP contribution in [0.4, 0.5) is 0 Å². The van der Waals surface area contributed by atoms with E-state index in [-0.39, 0.29) is 16.7 Å². The molecule has 3 aromatic rings. The number of carbonyl (C=O) groups excluding carboxylic acids is 6. The van der Waals surface area contributed by atoms with Gasteiger partial charge in [-0.25, -0.2) is 14.4 Å². The molecular weight excluding hydrogens is 732 g/mol. The molecule has 1 saturated heterocycles. The van der Waals surface area contributed by atoms with Crippen molar-refractivity contribution in [3.05, 3.63) is 96.1 Å². The van der Waals surface area contributed by atoms with Gasteiger partial charge in [0.05, 0.1) is 33.8 Å². The van der Waals surface area contributed by atoms with Gasteiger partial charge in [0, 0.05) is 52.0 Å². The Morgan fingerprint density at radius 3 is 1.75 bits per heavy atom. The number of fused-ring (bicyclic) bond motifs is 1. The predicted molar refractivity (Wildman–Crippen MR) is 189 cm³/mol. The Morgan fingerprint density at radius 1 is 0.679 bits per heavy atom. The molecule has 1 spiro atoms. The number of nitrogens with zero attached hydrogens (tertiary/aromatic N) is 2. The molecule has 3 fully saturated rings. The summed E-state index contributed by atoms with van der Waals surface area (Å²) in [4.78, 5) is 89.4. The number of hydrogen-bond donors (Lipinski definition) is 1. The van der Waals surface area contributed by atoms with E-state index in [9.17, 15) is 33.9 Å². The summed E-state index contributed by atoms with van der Waals surface area (Å²) in [6.07, 6.45) is -3.73. The van der Waals surface area contributed by atoms with E-state index in [1.165, 1.54) is 68.1 Å². The molecule has 2 bridgehead atoms. The minimum atomic E-state index is -2.41. The molecule has 16 nitrogen and oxygen atoms in total. The topological polar surface area (TPSA) is 213 Å². The number of benzene rings is 1. The van der Waals surface area contributed by atoms with Crippen LogP contribution in [0.25, 0.3) is 0 Å². The monoisotopic (exact) mass is 774 g/mol. The van der Waals surface area contributed by atoms with E-state index in [0.717, 1.165) is 20.8 Å². The van der Waals surface area contributed by atoms with Gasteiger partial charge in [-0.05, 0) is 57.2 Å². The quantitative estimate of drug-likeness (QED) is 0.231. The number of aliphatic hydroxyl groups is 1. The molecule has 0 amide bonds. The molecule has 16 heteroatoms. The average molecular weight is 775 g/mol. The normalized spacial score (nSPS) is 31.1. The van der Waals surface area contributed by atoms with Crippen molar-refractivity contribution < 1.29 is 67.0 Å². The Bertz CT molecular complexity index is 1990. The van der Waals surface area contributed by atoms with Crippen molar-refractivity contribution in [3.63, 3.8) is 0 Å². The van der Waals surface area contributed by atoms with Crippen LogP contribution in [0.15, 0.2) is 79.4 Å². The minimum Gasteiger partial charge on any atom is -0.465 e. The molecule has 9 unspecified atom stereocenters. The third-order valence-corrected chi connectivity index (χ3v) is 10.7. The van der Waals surface area contributed by atoms with Crippen molar-refractivity contribution in [2.75, 3.05) is 6.61 Å². The summed E-state index contributed by atoms with van der Waals surface area (Å²) in [6, 6.07) is 13.6. The lowest BCUT2D eigenvalue weighted by atomic mass is 9.45. The number of carbonyl (C=O) groups is 6. The molecule has 9 atom stereocenters. The van der Waals surface area contributed by atoms with E-state index >= 15 is 0 Å². The van der Waals surface area contributed by atoms with E-state index in [1.54, 1.807) is 32.0 Å². The Labute approximate surface area is 321 Å². The Hall–Kier alpha value is -5.74. The smallest absolute Gasteiger partial charge is 0.340 e. The van der Waals surface area contributed by atoms with E-state index in [1.807, 2.05) is 0 Å². The van der Waals surface area contributed by atoms with Crippen molar-refractivity contribution in [2.24, 2.45) is 11.3 Å². The van der Waals surface area contributed by atoms with Crippen molar-refractivity contribution >= 4 is 35.8 Å². The number of pyridine rings is 2.